The van der Waals surface area contributed by atoms with Crippen LogP contribution in [0.3, 0.4) is 0 Å². The van der Waals surface area contributed by atoms with Crippen LogP contribution in [-0.4, -0.2) is 30.1 Å². The van der Waals surface area contributed by atoms with Crippen molar-refractivity contribution in [3.8, 4) is 11.5 Å². The number of halogens is 4. The lowest BCUT2D eigenvalue weighted by atomic mass is 9.78. The van der Waals surface area contributed by atoms with E-state index in [1.165, 1.54) is 11.0 Å². The molecular formula is C38H34Cl4N2O3. The van der Waals surface area contributed by atoms with E-state index in [1.54, 1.807) is 0 Å². The monoisotopic (exact) mass is 706 g/mol. The fraction of sp³-hybridized carbons (Fsp3) is 0.368. The molecular weight excluding hydrogens is 674 g/mol. The Morgan fingerprint density at radius 2 is 1.53 bits per heavy atom. The summed E-state index contributed by atoms with van der Waals surface area (Å²) < 4.78 is 9.66. The van der Waals surface area contributed by atoms with Gasteiger partial charge in [-0.15, -0.1) is 0 Å². The fourth-order valence-corrected chi connectivity index (χ4v) is 9.88. The summed E-state index contributed by atoms with van der Waals surface area (Å²) in [6.07, 6.45) is 8.15. The van der Waals surface area contributed by atoms with Crippen LogP contribution in [0.4, 0.5) is 5.69 Å². The third kappa shape index (κ3) is 4.22. The molecule has 9 heteroatoms. The number of benzene rings is 3. The molecule has 0 fully saturated rings. The molecule has 242 valence electrons. The van der Waals surface area contributed by atoms with Gasteiger partial charge in [-0.25, -0.2) is 4.58 Å². The lowest BCUT2D eigenvalue weighted by molar-refractivity contribution is -0.255. The van der Waals surface area contributed by atoms with Gasteiger partial charge in [-0.1, -0.05) is 52.5 Å². The summed E-state index contributed by atoms with van der Waals surface area (Å²) in [6, 6.07) is 4.25. The van der Waals surface area contributed by atoms with Gasteiger partial charge in [-0.05, 0) is 76.3 Å². The molecule has 5 aliphatic rings. The van der Waals surface area contributed by atoms with Crippen molar-refractivity contribution < 1.29 is 14.6 Å². The second-order valence-electron chi connectivity index (χ2n) is 14.5. The first-order valence-electron chi connectivity index (χ1n) is 16.1. The third-order valence-corrected chi connectivity index (χ3v) is 12.5. The zero-order valence-electron chi connectivity index (χ0n) is 27.2. The highest BCUT2D eigenvalue weighted by Gasteiger charge is 2.42. The molecule has 0 saturated carbocycles. The molecule has 0 spiro atoms. The van der Waals surface area contributed by atoms with Crippen LogP contribution >= 0.6 is 46.4 Å². The molecule has 8 rings (SSSR count). The quantitative estimate of drug-likeness (QED) is 0.122. The molecule has 3 aromatic rings. The molecule has 3 aromatic carbocycles. The highest BCUT2D eigenvalue weighted by Crippen LogP contribution is 2.54. The summed E-state index contributed by atoms with van der Waals surface area (Å²) in [4.78, 5) is 15.4. The molecule has 5 heterocycles. The van der Waals surface area contributed by atoms with Crippen molar-refractivity contribution in [2.75, 3.05) is 18.0 Å². The van der Waals surface area contributed by atoms with Gasteiger partial charge in [0.25, 0.3) is 0 Å². The Morgan fingerprint density at radius 3 is 2.26 bits per heavy atom. The summed E-state index contributed by atoms with van der Waals surface area (Å²) in [5, 5.41) is 14.6. The second-order valence-corrected chi connectivity index (χ2v) is 16.0. The second kappa shape index (κ2) is 10.3. The van der Waals surface area contributed by atoms with Gasteiger partial charge in [-0.3, -0.25) is 0 Å². The van der Waals surface area contributed by atoms with Crippen molar-refractivity contribution in [2.24, 2.45) is 0 Å². The first kappa shape index (κ1) is 31.3. The number of carboxylic acid groups (broad SMARTS) is 1. The van der Waals surface area contributed by atoms with Crippen molar-refractivity contribution in [3.05, 3.63) is 93.9 Å². The highest BCUT2D eigenvalue weighted by atomic mass is 35.5. The van der Waals surface area contributed by atoms with E-state index in [4.69, 9.17) is 51.1 Å². The van der Waals surface area contributed by atoms with Gasteiger partial charge < -0.3 is 19.5 Å². The molecule has 0 N–H and O–H groups in total. The van der Waals surface area contributed by atoms with E-state index in [9.17, 15) is 9.90 Å². The van der Waals surface area contributed by atoms with Crippen LogP contribution in [0, 0.1) is 0 Å². The van der Waals surface area contributed by atoms with E-state index in [2.05, 4.69) is 75.3 Å². The molecule has 0 aromatic heterocycles. The maximum Gasteiger partial charge on any atom is 0.215 e. The molecule has 0 radical (unpaired) electrons. The zero-order valence-corrected chi connectivity index (χ0v) is 30.2. The number of carboxylic acids is 1. The summed E-state index contributed by atoms with van der Waals surface area (Å²) >= 11 is 26.9. The first-order valence-corrected chi connectivity index (χ1v) is 17.6. The largest absolute Gasteiger partial charge is 0.545 e. The van der Waals surface area contributed by atoms with E-state index in [0.717, 1.165) is 94.5 Å². The van der Waals surface area contributed by atoms with E-state index < -0.39 is 5.97 Å². The lowest BCUT2D eigenvalue weighted by Gasteiger charge is -2.47. The van der Waals surface area contributed by atoms with Crippen LogP contribution in [0.25, 0.3) is 16.7 Å². The van der Waals surface area contributed by atoms with Crippen LogP contribution in [0.15, 0.2) is 24.3 Å². The number of carbonyl (C=O) groups excluding carboxylic acids is 1. The van der Waals surface area contributed by atoms with E-state index in [-0.39, 0.29) is 42.3 Å². The van der Waals surface area contributed by atoms with Gasteiger partial charge >= 0.3 is 0 Å². The summed E-state index contributed by atoms with van der Waals surface area (Å²) in [5.74, 6) is -0.0431. The summed E-state index contributed by atoms with van der Waals surface area (Å²) in [7, 11) is 0. The highest BCUT2D eigenvalue weighted by molar-refractivity contribution is 6.53. The van der Waals surface area contributed by atoms with Crippen molar-refractivity contribution in [2.45, 2.75) is 78.3 Å². The normalized spacial score (nSPS) is 19.6. The maximum atomic E-state index is 13.0. The average molecular weight is 709 g/mol. The third-order valence-electron chi connectivity index (χ3n) is 10.7. The number of fused-ring (bicyclic) bond motifs is 4. The minimum absolute atomic E-state index is 0.00738. The number of hydrogen-bond acceptors (Lipinski definition) is 4. The van der Waals surface area contributed by atoms with E-state index >= 15 is 0 Å². The number of carbonyl (C=O) groups is 1. The van der Waals surface area contributed by atoms with Crippen molar-refractivity contribution in [3.63, 3.8) is 0 Å². The number of anilines is 1. The van der Waals surface area contributed by atoms with Gasteiger partial charge in [0, 0.05) is 71.0 Å². The number of ether oxygens (including phenoxy) is 1. The van der Waals surface area contributed by atoms with Crippen LogP contribution < -0.4 is 29.9 Å². The molecule has 0 bridgehead atoms. The van der Waals surface area contributed by atoms with Crippen molar-refractivity contribution in [1.29, 1.82) is 0 Å². The minimum atomic E-state index is -1.49. The Morgan fingerprint density at radius 1 is 0.851 bits per heavy atom. The van der Waals surface area contributed by atoms with Crippen molar-refractivity contribution in [1.82, 2.24) is 4.58 Å². The Kier molecular flexibility index (Phi) is 6.85. The van der Waals surface area contributed by atoms with Gasteiger partial charge in [0.15, 0.2) is 5.54 Å². The molecule has 0 unspecified atom stereocenters. The molecule has 0 amide bonds. The van der Waals surface area contributed by atoms with Crippen LogP contribution in [0.5, 0.6) is 11.5 Å². The summed E-state index contributed by atoms with van der Waals surface area (Å²) in [6.45, 7) is 15.1. The fourth-order valence-electron chi connectivity index (χ4n) is 8.86. The molecule has 0 atom stereocenters. The Balaban J connectivity index is 1.62. The Bertz CT molecular complexity index is 2230. The topological polar surface area (TPSA) is 55.6 Å². The SMILES string of the molecule is CC1=CC(C)(C)N2CCCc3c4c(cc1c32)C(c1c(Cl)c(Cl)c(Cl)c(Cl)c1C(=O)[O-])=c1cc2c3c(c1O4)CCC[N+]=3C(C)(C)C=C2C. The van der Waals surface area contributed by atoms with Gasteiger partial charge in [0.1, 0.15) is 18.0 Å². The number of aromatic carboxylic acids is 1. The molecule has 5 nitrogen and oxygen atoms in total. The molecule has 5 aliphatic heterocycles. The number of hydrogen-bond donors (Lipinski definition) is 0. The van der Waals surface area contributed by atoms with Crippen LogP contribution in [0.1, 0.15) is 98.1 Å². The van der Waals surface area contributed by atoms with Crippen molar-refractivity contribution >= 4 is 74.8 Å². The van der Waals surface area contributed by atoms with Gasteiger partial charge in [0.05, 0.1) is 42.8 Å². The van der Waals surface area contributed by atoms with Gasteiger partial charge in [0.2, 0.25) is 5.36 Å². The summed E-state index contributed by atoms with van der Waals surface area (Å²) in [5.41, 5.74) is 8.76. The number of rotatable bonds is 2. The van der Waals surface area contributed by atoms with Crippen LogP contribution in [-0.2, 0) is 12.8 Å². The predicted octanol–water partition coefficient (Wildman–Crippen LogP) is 7.60. The van der Waals surface area contributed by atoms with Gasteiger partial charge in [-0.2, -0.15) is 0 Å². The maximum absolute atomic E-state index is 13.0. The average Bonchev–Trinajstić information content (AvgIpc) is 3.01. The number of nitrogens with zero attached hydrogens (tertiary/aromatic N) is 2. The number of allylic oxidation sites excluding steroid dienone is 2. The Labute approximate surface area is 294 Å². The molecule has 0 aliphatic carbocycles. The van der Waals surface area contributed by atoms with E-state index in [0.29, 0.717) is 5.57 Å². The minimum Gasteiger partial charge on any atom is -0.545 e. The molecule has 47 heavy (non-hydrogen) atoms. The Hall–Kier alpha value is -2.96. The van der Waals surface area contributed by atoms with Crippen LogP contribution in [0.2, 0.25) is 20.1 Å². The first-order chi connectivity index (χ1) is 22.1. The zero-order chi connectivity index (χ0) is 33.5. The predicted molar refractivity (Wildman–Crippen MR) is 190 cm³/mol. The standard InChI is InChI=1S/C38H34Cl4N2O3/c1-17-15-37(3,4)43-11-7-9-19-32(43)21(17)13-23-25(26-27(36(45)46)29(40)31(42)30(41)28(26)39)24-14-22-18(2)16-38(5,6)44-12-8-10-20(33(22)44)35(24)47-34(19)23/h13-16H,7-12H2,1-6H3. The molecule has 0 saturated heterocycles. The van der Waals surface area contributed by atoms with E-state index in [1.807, 2.05) is 0 Å². The lowest BCUT2D eigenvalue weighted by Crippen LogP contribution is -2.53. The smallest absolute Gasteiger partial charge is 0.215 e.